The van der Waals surface area contributed by atoms with Gasteiger partial charge in [0.2, 0.25) is 0 Å². The van der Waals surface area contributed by atoms with Gasteiger partial charge in [-0.05, 0) is 47.9 Å². The standard InChI is InChI=1S/C15H17/c1-2-4-11-7-8-14-9-12-5-3-6-13(12)10-15(11)14/h7-10H,2-6H2,1H3. The van der Waals surface area contributed by atoms with Crippen molar-refractivity contribution in [2.75, 3.05) is 0 Å². The molecular weight excluding hydrogens is 180 g/mol. The third-order valence-corrected chi connectivity index (χ3v) is 3.59. The fraction of sp³-hybridized carbons (Fsp3) is 0.400. The van der Waals surface area contributed by atoms with E-state index in [0.29, 0.717) is 0 Å². The van der Waals surface area contributed by atoms with Gasteiger partial charge in [-0.15, -0.1) is 0 Å². The van der Waals surface area contributed by atoms with Gasteiger partial charge in [-0.1, -0.05) is 37.6 Å². The van der Waals surface area contributed by atoms with Gasteiger partial charge in [0.1, 0.15) is 0 Å². The topological polar surface area (TPSA) is 0 Å². The Labute approximate surface area is 92.0 Å². The summed E-state index contributed by atoms with van der Waals surface area (Å²) in [4.78, 5) is 0. The van der Waals surface area contributed by atoms with Gasteiger partial charge in [0.25, 0.3) is 0 Å². The van der Waals surface area contributed by atoms with Gasteiger partial charge in [0.05, 0.1) is 0 Å². The van der Waals surface area contributed by atoms with Crippen LogP contribution >= 0.6 is 0 Å². The van der Waals surface area contributed by atoms with Gasteiger partial charge >= 0.3 is 0 Å². The van der Waals surface area contributed by atoms with Gasteiger partial charge in [0.15, 0.2) is 0 Å². The normalized spacial score (nSPS) is 18.2. The minimum absolute atomic E-state index is 1.22. The second-order valence-electron chi connectivity index (χ2n) is 4.67. The maximum absolute atomic E-state index is 2.45. The lowest BCUT2D eigenvalue weighted by Gasteiger charge is -2.11. The molecule has 2 aliphatic carbocycles. The van der Waals surface area contributed by atoms with E-state index in [2.05, 4.69) is 31.2 Å². The molecule has 0 spiro atoms. The first-order chi connectivity index (χ1) is 7.38. The summed E-state index contributed by atoms with van der Waals surface area (Å²) in [5.74, 6) is 1.54. The Bertz CT molecular complexity index is 412. The van der Waals surface area contributed by atoms with Crippen LogP contribution in [0.5, 0.6) is 0 Å². The van der Waals surface area contributed by atoms with Crippen molar-refractivity contribution < 1.29 is 0 Å². The van der Waals surface area contributed by atoms with Crippen LogP contribution in [0.25, 0.3) is 6.08 Å². The molecule has 0 N–H and O–H groups in total. The summed E-state index contributed by atoms with van der Waals surface area (Å²) >= 11 is 0. The average Bonchev–Trinajstić information content (AvgIpc) is 2.82. The predicted molar refractivity (Wildman–Crippen MR) is 64.8 cm³/mol. The molecule has 0 fully saturated rings. The van der Waals surface area contributed by atoms with Gasteiger partial charge in [-0.2, -0.15) is 0 Å². The zero-order valence-electron chi connectivity index (χ0n) is 9.34. The average molecular weight is 197 g/mol. The molecule has 15 heavy (non-hydrogen) atoms. The van der Waals surface area contributed by atoms with Crippen LogP contribution < -0.4 is 0 Å². The first-order valence-corrected chi connectivity index (χ1v) is 6.08. The first kappa shape index (κ1) is 9.21. The second kappa shape index (κ2) is 3.52. The maximum atomic E-state index is 2.45. The molecule has 0 bridgehead atoms. The van der Waals surface area contributed by atoms with E-state index in [4.69, 9.17) is 0 Å². The number of fused-ring (bicyclic) bond motifs is 2. The zero-order chi connectivity index (χ0) is 10.3. The van der Waals surface area contributed by atoms with Crippen molar-refractivity contribution in [1.82, 2.24) is 0 Å². The monoisotopic (exact) mass is 197 g/mol. The number of rotatable bonds is 2. The van der Waals surface area contributed by atoms with Gasteiger partial charge in [-0.25, -0.2) is 0 Å². The van der Waals surface area contributed by atoms with Crippen molar-refractivity contribution in [3.63, 3.8) is 0 Å². The van der Waals surface area contributed by atoms with E-state index in [1.165, 1.54) is 43.2 Å². The van der Waals surface area contributed by atoms with Crippen LogP contribution in [0.1, 0.15) is 48.4 Å². The summed E-state index contributed by atoms with van der Waals surface area (Å²) in [5.41, 5.74) is 6.17. The molecule has 1 radical (unpaired) electrons. The highest BCUT2D eigenvalue weighted by atomic mass is 14.2. The number of allylic oxidation sites excluding steroid dienone is 1. The molecule has 0 saturated heterocycles. The molecule has 0 nitrogen and oxygen atoms in total. The third-order valence-electron chi connectivity index (χ3n) is 3.59. The van der Waals surface area contributed by atoms with Crippen LogP contribution in [0.2, 0.25) is 0 Å². The summed E-state index contributed by atoms with van der Waals surface area (Å²) in [5, 5.41) is 0. The fourth-order valence-electron chi connectivity index (χ4n) is 2.83. The molecule has 0 heteroatoms. The van der Waals surface area contributed by atoms with Crippen LogP contribution in [0.4, 0.5) is 0 Å². The largest absolute Gasteiger partial charge is 0.0721 e. The molecule has 2 aliphatic rings. The fourth-order valence-corrected chi connectivity index (χ4v) is 2.83. The highest BCUT2D eigenvalue weighted by Crippen LogP contribution is 2.36. The quantitative estimate of drug-likeness (QED) is 0.674. The van der Waals surface area contributed by atoms with Crippen molar-refractivity contribution in [1.29, 1.82) is 0 Å². The van der Waals surface area contributed by atoms with Crippen LogP contribution in [0.3, 0.4) is 0 Å². The molecule has 0 heterocycles. The molecule has 0 atom stereocenters. The zero-order valence-corrected chi connectivity index (χ0v) is 9.34. The Morgan fingerprint density at radius 1 is 1.07 bits per heavy atom. The third kappa shape index (κ3) is 1.43. The number of hydrogen-bond donors (Lipinski definition) is 0. The summed E-state index contributed by atoms with van der Waals surface area (Å²) in [6.07, 6.45) is 11.0. The van der Waals surface area contributed by atoms with E-state index in [1.807, 2.05) is 0 Å². The highest BCUT2D eigenvalue weighted by Gasteiger charge is 2.21. The lowest BCUT2D eigenvalue weighted by molar-refractivity contribution is 0.865. The van der Waals surface area contributed by atoms with E-state index >= 15 is 0 Å². The molecule has 1 aromatic carbocycles. The number of benzene rings is 1. The lowest BCUT2D eigenvalue weighted by atomic mass is 9.93. The molecule has 0 unspecified atom stereocenters. The highest BCUT2D eigenvalue weighted by molar-refractivity contribution is 5.70. The van der Waals surface area contributed by atoms with Crippen molar-refractivity contribution >= 4 is 6.08 Å². The molecule has 0 amide bonds. The SMILES string of the molecule is CCC[C]1C=Cc2cc3c(cc21)CCC3. The Kier molecular flexibility index (Phi) is 2.16. The van der Waals surface area contributed by atoms with E-state index in [1.54, 1.807) is 17.0 Å². The minimum atomic E-state index is 1.22. The van der Waals surface area contributed by atoms with Crippen molar-refractivity contribution in [2.45, 2.75) is 39.0 Å². The van der Waals surface area contributed by atoms with Crippen LogP contribution in [0, 0.1) is 5.92 Å². The maximum Gasteiger partial charge on any atom is 0.0273 e. The molecule has 0 saturated carbocycles. The van der Waals surface area contributed by atoms with Crippen LogP contribution in [-0.2, 0) is 12.8 Å². The van der Waals surface area contributed by atoms with Crippen molar-refractivity contribution in [2.24, 2.45) is 0 Å². The van der Waals surface area contributed by atoms with E-state index in [-0.39, 0.29) is 0 Å². The minimum Gasteiger partial charge on any atom is -0.0721 e. The number of aryl methyl sites for hydroxylation is 2. The molecule has 3 rings (SSSR count). The van der Waals surface area contributed by atoms with Gasteiger partial charge < -0.3 is 0 Å². The lowest BCUT2D eigenvalue weighted by Crippen LogP contribution is -1.96. The molecule has 0 aromatic heterocycles. The van der Waals surface area contributed by atoms with E-state index < -0.39 is 0 Å². The smallest absolute Gasteiger partial charge is 0.0273 e. The summed E-state index contributed by atoms with van der Waals surface area (Å²) in [7, 11) is 0. The summed E-state index contributed by atoms with van der Waals surface area (Å²) < 4.78 is 0. The Balaban J connectivity index is 2.02. The van der Waals surface area contributed by atoms with E-state index in [0.717, 1.165) is 0 Å². The van der Waals surface area contributed by atoms with Crippen molar-refractivity contribution in [3.05, 3.63) is 46.4 Å². The Morgan fingerprint density at radius 3 is 2.67 bits per heavy atom. The first-order valence-electron chi connectivity index (χ1n) is 6.08. The van der Waals surface area contributed by atoms with Crippen LogP contribution in [0.15, 0.2) is 18.2 Å². The molecule has 1 aromatic rings. The molecule has 77 valence electrons. The van der Waals surface area contributed by atoms with Crippen LogP contribution in [-0.4, -0.2) is 0 Å². The predicted octanol–water partition coefficient (Wildman–Crippen LogP) is 3.92. The summed E-state index contributed by atoms with van der Waals surface area (Å²) in [6, 6.07) is 4.86. The Morgan fingerprint density at radius 2 is 1.87 bits per heavy atom. The number of hydrogen-bond acceptors (Lipinski definition) is 0. The summed E-state index contributed by atoms with van der Waals surface area (Å²) in [6.45, 7) is 2.26. The Hall–Kier alpha value is -1.04. The molecule has 0 aliphatic heterocycles. The second-order valence-corrected chi connectivity index (χ2v) is 4.67. The van der Waals surface area contributed by atoms with E-state index in [9.17, 15) is 0 Å². The van der Waals surface area contributed by atoms with Gasteiger partial charge in [0, 0.05) is 5.92 Å². The van der Waals surface area contributed by atoms with Crippen molar-refractivity contribution in [3.8, 4) is 0 Å². The molecular formula is C15H17. The van der Waals surface area contributed by atoms with Gasteiger partial charge in [-0.3, -0.25) is 0 Å².